The highest BCUT2D eigenvalue weighted by molar-refractivity contribution is 7.91. The average Bonchev–Trinajstić information content (AvgIpc) is 3.35. The van der Waals surface area contributed by atoms with E-state index in [9.17, 15) is 18.0 Å². The molecule has 2 aromatic carbocycles. The van der Waals surface area contributed by atoms with E-state index in [1.54, 1.807) is 42.5 Å². The van der Waals surface area contributed by atoms with E-state index in [0.717, 1.165) is 6.42 Å². The summed E-state index contributed by atoms with van der Waals surface area (Å²) in [4.78, 5) is 28.8. The van der Waals surface area contributed by atoms with Gasteiger partial charge in [-0.15, -0.1) is 0 Å². The van der Waals surface area contributed by atoms with E-state index in [1.165, 1.54) is 12.0 Å². The van der Waals surface area contributed by atoms with Crippen molar-refractivity contribution in [3.63, 3.8) is 0 Å². The predicted octanol–water partition coefficient (Wildman–Crippen LogP) is 3.96. The van der Waals surface area contributed by atoms with Crippen LogP contribution in [0.25, 0.3) is 11.0 Å². The van der Waals surface area contributed by atoms with Crippen molar-refractivity contribution in [3.8, 4) is 11.5 Å². The molecule has 190 valence electrons. The summed E-state index contributed by atoms with van der Waals surface area (Å²) in [5.74, 6) is 0.861. The zero-order valence-corrected chi connectivity index (χ0v) is 21.3. The molecule has 0 spiro atoms. The van der Waals surface area contributed by atoms with Crippen LogP contribution in [-0.4, -0.2) is 50.5 Å². The van der Waals surface area contributed by atoms with Gasteiger partial charge in [-0.25, -0.2) is 8.42 Å². The third-order valence-corrected chi connectivity index (χ3v) is 8.62. The number of carbonyl (C=O) groups excluding carboxylic acids is 1. The van der Waals surface area contributed by atoms with Gasteiger partial charge in [0.15, 0.2) is 26.8 Å². The third kappa shape index (κ3) is 4.25. The molecule has 1 aromatic heterocycles. The van der Waals surface area contributed by atoms with Gasteiger partial charge in [0, 0.05) is 6.04 Å². The molecular formula is C27H29NO7S. The van der Waals surface area contributed by atoms with Crippen LogP contribution in [0, 0.1) is 5.92 Å². The first kappa shape index (κ1) is 24.4. The number of sulfone groups is 1. The lowest BCUT2D eigenvalue weighted by Gasteiger charge is -2.30. The van der Waals surface area contributed by atoms with E-state index in [-0.39, 0.29) is 28.3 Å². The summed E-state index contributed by atoms with van der Waals surface area (Å²) >= 11 is 0. The molecule has 8 nitrogen and oxygen atoms in total. The fourth-order valence-corrected chi connectivity index (χ4v) is 6.73. The Morgan fingerprint density at radius 3 is 2.58 bits per heavy atom. The number of para-hydroxylation sites is 1. The van der Waals surface area contributed by atoms with Gasteiger partial charge in [0.2, 0.25) is 5.76 Å². The molecule has 1 fully saturated rings. The van der Waals surface area contributed by atoms with Gasteiger partial charge >= 0.3 is 0 Å². The van der Waals surface area contributed by atoms with E-state index in [1.807, 2.05) is 0 Å². The first-order valence-electron chi connectivity index (χ1n) is 12.1. The van der Waals surface area contributed by atoms with Gasteiger partial charge in [0.05, 0.1) is 42.2 Å². The second kappa shape index (κ2) is 9.28. The highest BCUT2D eigenvalue weighted by Gasteiger charge is 2.48. The molecule has 0 saturated carbocycles. The number of hydrogen-bond acceptors (Lipinski definition) is 7. The minimum atomic E-state index is -3.28. The van der Waals surface area contributed by atoms with Gasteiger partial charge < -0.3 is 18.8 Å². The van der Waals surface area contributed by atoms with Gasteiger partial charge in [-0.05, 0) is 48.6 Å². The van der Waals surface area contributed by atoms with E-state index in [0.29, 0.717) is 47.0 Å². The number of amides is 1. The Labute approximate surface area is 209 Å². The minimum absolute atomic E-state index is 0.000186. The molecule has 36 heavy (non-hydrogen) atoms. The van der Waals surface area contributed by atoms with Crippen molar-refractivity contribution < 1.29 is 27.1 Å². The van der Waals surface area contributed by atoms with Crippen molar-refractivity contribution in [2.24, 2.45) is 5.92 Å². The van der Waals surface area contributed by atoms with Crippen molar-refractivity contribution in [1.82, 2.24) is 4.90 Å². The van der Waals surface area contributed by atoms with Gasteiger partial charge in [-0.2, -0.15) is 0 Å². The summed E-state index contributed by atoms with van der Waals surface area (Å²) in [6.07, 6.45) is 1.19. The van der Waals surface area contributed by atoms with Crippen molar-refractivity contribution >= 4 is 26.7 Å². The van der Waals surface area contributed by atoms with Crippen LogP contribution in [0.1, 0.15) is 54.4 Å². The standard InChI is InChI=1S/C27H29NO7S/c1-16(2)10-12-34-21-9-8-17(14-22(21)33-3)24-23-25(29)19-6-4-5-7-20(19)35-26(23)27(30)28(24)18-11-13-36(31,32)15-18/h4-9,14,16,18,24H,10-13,15H2,1-3H3/t18-,24+/m0/s1. The fraction of sp³-hybridized carbons (Fsp3) is 0.407. The van der Waals surface area contributed by atoms with Gasteiger partial charge in [0.25, 0.3) is 5.91 Å². The lowest BCUT2D eigenvalue weighted by atomic mass is 9.97. The van der Waals surface area contributed by atoms with Crippen LogP contribution >= 0.6 is 0 Å². The molecule has 1 amide bonds. The van der Waals surface area contributed by atoms with E-state index in [4.69, 9.17) is 13.9 Å². The fourth-order valence-electron chi connectivity index (χ4n) is 5.01. The second-order valence-corrected chi connectivity index (χ2v) is 12.0. The molecule has 2 aliphatic heterocycles. The Kier molecular flexibility index (Phi) is 6.28. The number of carbonyl (C=O) groups is 1. The molecule has 3 heterocycles. The molecule has 9 heteroatoms. The number of benzene rings is 2. The maximum absolute atomic E-state index is 13.7. The molecule has 0 bridgehead atoms. The SMILES string of the molecule is COc1cc([C@@H]2c3c(oc4ccccc4c3=O)C(=O)N2[C@H]2CCS(=O)(=O)C2)ccc1OCCC(C)C. The smallest absolute Gasteiger partial charge is 0.291 e. The molecule has 0 unspecified atom stereocenters. The zero-order chi connectivity index (χ0) is 25.6. The number of hydrogen-bond donors (Lipinski definition) is 0. The van der Waals surface area contributed by atoms with Gasteiger partial charge in [0.1, 0.15) is 5.58 Å². The molecule has 2 atom stereocenters. The number of methoxy groups -OCH3 is 1. The van der Waals surface area contributed by atoms with Crippen LogP contribution in [0.5, 0.6) is 11.5 Å². The molecule has 3 aromatic rings. The highest BCUT2D eigenvalue weighted by Crippen LogP contribution is 2.43. The van der Waals surface area contributed by atoms with E-state index in [2.05, 4.69) is 13.8 Å². The summed E-state index contributed by atoms with van der Waals surface area (Å²) in [6, 6.07) is 10.7. The number of ether oxygens (including phenoxy) is 2. The van der Waals surface area contributed by atoms with Gasteiger partial charge in [-0.3, -0.25) is 9.59 Å². The van der Waals surface area contributed by atoms with Crippen LogP contribution in [0.3, 0.4) is 0 Å². The largest absolute Gasteiger partial charge is 0.493 e. The molecule has 5 rings (SSSR count). The first-order valence-corrected chi connectivity index (χ1v) is 13.9. The van der Waals surface area contributed by atoms with Crippen LogP contribution in [-0.2, 0) is 9.84 Å². The topological polar surface area (TPSA) is 103 Å². The van der Waals surface area contributed by atoms with E-state index >= 15 is 0 Å². The van der Waals surface area contributed by atoms with Crippen molar-refractivity contribution in [2.75, 3.05) is 25.2 Å². The quantitative estimate of drug-likeness (QED) is 0.473. The Balaban J connectivity index is 1.64. The maximum atomic E-state index is 13.7. The Morgan fingerprint density at radius 2 is 1.89 bits per heavy atom. The molecule has 1 saturated heterocycles. The first-order chi connectivity index (χ1) is 17.2. The van der Waals surface area contributed by atoms with Crippen LogP contribution in [0.15, 0.2) is 51.7 Å². The monoisotopic (exact) mass is 511 g/mol. The molecule has 0 radical (unpaired) electrons. The van der Waals surface area contributed by atoms with Crippen molar-refractivity contribution in [1.29, 1.82) is 0 Å². The number of rotatable bonds is 7. The molecular weight excluding hydrogens is 482 g/mol. The van der Waals surface area contributed by atoms with Crippen LogP contribution in [0.4, 0.5) is 0 Å². The summed E-state index contributed by atoms with van der Waals surface area (Å²) in [7, 11) is -1.75. The van der Waals surface area contributed by atoms with Crippen LogP contribution in [0.2, 0.25) is 0 Å². The third-order valence-electron chi connectivity index (χ3n) is 6.87. The summed E-state index contributed by atoms with van der Waals surface area (Å²) in [5.41, 5.74) is 0.867. The normalized spacial score (nSPS) is 20.8. The summed E-state index contributed by atoms with van der Waals surface area (Å²) < 4.78 is 42.1. The Bertz CT molecular complexity index is 1490. The van der Waals surface area contributed by atoms with Crippen molar-refractivity contribution in [2.45, 2.75) is 38.8 Å². The predicted molar refractivity (Wildman–Crippen MR) is 135 cm³/mol. The lowest BCUT2D eigenvalue weighted by Crippen LogP contribution is -2.40. The maximum Gasteiger partial charge on any atom is 0.291 e. The molecule has 0 aliphatic carbocycles. The lowest BCUT2D eigenvalue weighted by molar-refractivity contribution is 0.0662. The molecule has 2 aliphatic rings. The summed E-state index contributed by atoms with van der Waals surface area (Å²) in [6.45, 7) is 4.76. The summed E-state index contributed by atoms with van der Waals surface area (Å²) in [5, 5.41) is 0.371. The Morgan fingerprint density at radius 1 is 1.11 bits per heavy atom. The Hall–Kier alpha value is -3.33. The highest BCUT2D eigenvalue weighted by atomic mass is 32.2. The van der Waals surface area contributed by atoms with Gasteiger partial charge in [-0.1, -0.05) is 32.0 Å². The zero-order valence-electron chi connectivity index (χ0n) is 20.5. The number of fused-ring (bicyclic) bond motifs is 2. The van der Waals surface area contributed by atoms with Crippen LogP contribution < -0.4 is 14.9 Å². The van der Waals surface area contributed by atoms with E-state index < -0.39 is 27.8 Å². The second-order valence-electron chi connectivity index (χ2n) is 9.78. The average molecular weight is 512 g/mol. The number of nitrogens with zero attached hydrogens (tertiary/aromatic N) is 1. The minimum Gasteiger partial charge on any atom is -0.493 e. The van der Waals surface area contributed by atoms with Crippen molar-refractivity contribution in [3.05, 3.63) is 69.6 Å². The molecule has 0 N–H and O–H groups in total.